The molecule has 3 nitrogen and oxygen atoms in total. The van der Waals surface area contributed by atoms with Crippen LogP contribution in [0.3, 0.4) is 0 Å². The third kappa shape index (κ3) is 3.51. The molecule has 0 saturated heterocycles. The van der Waals surface area contributed by atoms with Crippen LogP contribution in [-0.4, -0.2) is 18.9 Å². The molecule has 0 bridgehead atoms. The third-order valence-electron chi connectivity index (χ3n) is 1.14. The Bertz CT molecular complexity index is 230. The van der Waals surface area contributed by atoms with Gasteiger partial charge >= 0.3 is 6.09 Å². The Labute approximate surface area is 70.7 Å². The number of amides is 1. The largest absolute Gasteiger partial charge is 0.442 e. The summed E-state index contributed by atoms with van der Waals surface area (Å²) in [5.74, 6) is 0. The first-order valence-electron chi connectivity index (χ1n) is 3.59. The van der Waals surface area contributed by atoms with Crippen LogP contribution in [0, 0.1) is 0 Å². The lowest BCUT2D eigenvalue weighted by molar-refractivity contribution is 0.181. The summed E-state index contributed by atoms with van der Waals surface area (Å²) in [7, 11) is 0. The van der Waals surface area contributed by atoms with Gasteiger partial charge in [0.05, 0.1) is 0 Å². The van der Waals surface area contributed by atoms with E-state index < -0.39 is 6.09 Å². The topological polar surface area (TPSA) is 38.7 Å². The number of benzene rings is 1. The monoisotopic (exact) mass is 163 g/mol. The molecule has 3 heteroatoms. The van der Waals surface area contributed by atoms with Gasteiger partial charge in [0.2, 0.25) is 0 Å². The zero-order valence-electron chi connectivity index (χ0n) is 6.51. The summed E-state index contributed by atoms with van der Waals surface area (Å²) in [5.41, 5.74) is 0. The second kappa shape index (κ2) is 5.07. The van der Waals surface area contributed by atoms with Crippen molar-refractivity contribution < 1.29 is 9.53 Å². The highest BCUT2D eigenvalue weighted by molar-refractivity contribution is 5.85. The number of cyclic esters (lactones) is 1. The number of carbonyl (C=O) groups is 1. The second-order valence-electron chi connectivity index (χ2n) is 2.04. The average Bonchev–Trinajstić information content (AvgIpc) is 2.60. The fraction of sp³-hybridized carbons (Fsp3) is 0.111. The zero-order chi connectivity index (χ0) is 8.65. The third-order valence-corrected chi connectivity index (χ3v) is 1.14. The van der Waals surface area contributed by atoms with Crippen molar-refractivity contribution >= 4 is 12.3 Å². The van der Waals surface area contributed by atoms with Gasteiger partial charge in [-0.1, -0.05) is 36.4 Å². The molecule has 0 atom stereocenters. The van der Waals surface area contributed by atoms with E-state index >= 15 is 0 Å². The first kappa shape index (κ1) is 8.46. The standard InChI is InChI=1S/C6H6.C3H3NO2/c1-2-4-6-5-3-1;5-3-4-1-2-6-3/h1-6H;1H,2H2. The van der Waals surface area contributed by atoms with E-state index in [0.29, 0.717) is 6.61 Å². The predicted octanol–water partition coefficient (Wildman–Crippen LogP) is 1.89. The Morgan fingerprint density at radius 1 is 1.08 bits per heavy atom. The Morgan fingerprint density at radius 2 is 1.58 bits per heavy atom. The Kier molecular flexibility index (Phi) is 3.57. The Hall–Kier alpha value is -1.64. The van der Waals surface area contributed by atoms with Crippen LogP contribution in [0.1, 0.15) is 0 Å². The molecule has 1 aromatic carbocycles. The van der Waals surface area contributed by atoms with E-state index in [1.165, 1.54) is 6.21 Å². The maximum absolute atomic E-state index is 9.82. The van der Waals surface area contributed by atoms with E-state index in [1.54, 1.807) is 0 Å². The van der Waals surface area contributed by atoms with Crippen LogP contribution in [0.5, 0.6) is 0 Å². The smallest absolute Gasteiger partial charge is 0.433 e. The quantitative estimate of drug-likeness (QED) is 0.585. The molecular formula is C9H9NO2. The minimum absolute atomic E-state index is 0.346. The lowest BCUT2D eigenvalue weighted by atomic mass is 10.4. The van der Waals surface area contributed by atoms with Crippen LogP contribution in [0.15, 0.2) is 41.4 Å². The molecule has 0 aromatic heterocycles. The van der Waals surface area contributed by atoms with E-state index in [1.807, 2.05) is 36.4 Å². The van der Waals surface area contributed by atoms with Crippen molar-refractivity contribution in [2.24, 2.45) is 4.99 Å². The first-order valence-corrected chi connectivity index (χ1v) is 3.59. The minimum atomic E-state index is -0.477. The van der Waals surface area contributed by atoms with E-state index in [2.05, 4.69) is 9.73 Å². The summed E-state index contributed by atoms with van der Waals surface area (Å²) in [6.45, 7) is 0.346. The van der Waals surface area contributed by atoms with Crippen molar-refractivity contribution in [1.82, 2.24) is 0 Å². The van der Waals surface area contributed by atoms with Gasteiger partial charge in [-0.3, -0.25) is 0 Å². The zero-order valence-corrected chi connectivity index (χ0v) is 6.51. The maximum atomic E-state index is 9.82. The lowest BCUT2D eigenvalue weighted by Gasteiger charge is -1.78. The number of aliphatic imine (C=N–C) groups is 1. The van der Waals surface area contributed by atoms with Gasteiger partial charge in [0.1, 0.15) is 6.61 Å². The fourth-order valence-electron chi connectivity index (χ4n) is 0.643. The molecule has 0 unspecified atom stereocenters. The summed E-state index contributed by atoms with van der Waals surface area (Å²) in [6.07, 6.45) is 0.956. The van der Waals surface area contributed by atoms with Crippen LogP contribution in [0.4, 0.5) is 4.79 Å². The van der Waals surface area contributed by atoms with Crippen molar-refractivity contribution in [3.8, 4) is 0 Å². The highest BCUT2D eigenvalue weighted by atomic mass is 16.6. The molecule has 12 heavy (non-hydrogen) atoms. The number of rotatable bonds is 0. The summed E-state index contributed by atoms with van der Waals surface area (Å²) in [4.78, 5) is 13.1. The lowest BCUT2D eigenvalue weighted by Crippen LogP contribution is -1.87. The Morgan fingerprint density at radius 3 is 1.75 bits per heavy atom. The second-order valence-corrected chi connectivity index (χ2v) is 2.04. The van der Waals surface area contributed by atoms with Crippen LogP contribution in [-0.2, 0) is 4.74 Å². The molecule has 1 heterocycles. The normalized spacial score (nSPS) is 13.2. The van der Waals surface area contributed by atoms with Gasteiger partial charge < -0.3 is 4.74 Å². The van der Waals surface area contributed by atoms with Gasteiger partial charge in [0.15, 0.2) is 0 Å². The maximum Gasteiger partial charge on any atom is 0.433 e. The van der Waals surface area contributed by atoms with Crippen LogP contribution in [0.25, 0.3) is 0 Å². The van der Waals surface area contributed by atoms with E-state index in [9.17, 15) is 4.79 Å². The number of hydrogen-bond acceptors (Lipinski definition) is 2. The Balaban J connectivity index is 0.000000120. The van der Waals surface area contributed by atoms with Crippen molar-refractivity contribution in [1.29, 1.82) is 0 Å². The molecule has 0 saturated carbocycles. The first-order chi connectivity index (χ1) is 5.89. The molecule has 0 spiro atoms. The SMILES string of the molecule is O=C1N=CCO1.c1ccccc1. The molecule has 1 aromatic rings. The van der Waals surface area contributed by atoms with E-state index in [4.69, 9.17) is 0 Å². The van der Waals surface area contributed by atoms with Gasteiger partial charge in [-0.25, -0.2) is 4.79 Å². The molecule has 0 fully saturated rings. The van der Waals surface area contributed by atoms with E-state index in [-0.39, 0.29) is 0 Å². The molecule has 1 amide bonds. The highest BCUT2D eigenvalue weighted by Gasteiger charge is 2.00. The molecular weight excluding hydrogens is 154 g/mol. The van der Waals surface area contributed by atoms with Crippen molar-refractivity contribution in [3.05, 3.63) is 36.4 Å². The van der Waals surface area contributed by atoms with Crippen molar-refractivity contribution in [3.63, 3.8) is 0 Å². The number of nitrogens with zero attached hydrogens (tertiary/aromatic N) is 1. The number of ether oxygens (including phenoxy) is 1. The van der Waals surface area contributed by atoms with Gasteiger partial charge in [-0.2, -0.15) is 4.99 Å². The average molecular weight is 163 g/mol. The van der Waals surface area contributed by atoms with Crippen LogP contribution < -0.4 is 0 Å². The van der Waals surface area contributed by atoms with Gasteiger partial charge in [-0.15, -0.1) is 0 Å². The summed E-state index contributed by atoms with van der Waals surface area (Å²) in [6, 6.07) is 12.0. The van der Waals surface area contributed by atoms with Crippen LogP contribution in [0.2, 0.25) is 0 Å². The fourth-order valence-corrected chi connectivity index (χ4v) is 0.643. The highest BCUT2D eigenvalue weighted by Crippen LogP contribution is 1.86. The molecule has 0 aliphatic carbocycles. The molecule has 2 rings (SSSR count). The molecule has 1 aliphatic heterocycles. The van der Waals surface area contributed by atoms with Gasteiger partial charge in [0, 0.05) is 6.21 Å². The van der Waals surface area contributed by atoms with E-state index in [0.717, 1.165) is 0 Å². The number of hydrogen-bond donors (Lipinski definition) is 0. The molecule has 0 radical (unpaired) electrons. The summed E-state index contributed by atoms with van der Waals surface area (Å²) >= 11 is 0. The van der Waals surface area contributed by atoms with Gasteiger partial charge in [-0.05, 0) is 0 Å². The minimum Gasteiger partial charge on any atom is -0.442 e. The van der Waals surface area contributed by atoms with Crippen LogP contribution >= 0.6 is 0 Å². The van der Waals surface area contributed by atoms with Crippen molar-refractivity contribution in [2.45, 2.75) is 0 Å². The van der Waals surface area contributed by atoms with Gasteiger partial charge in [0.25, 0.3) is 0 Å². The van der Waals surface area contributed by atoms with Crippen molar-refractivity contribution in [2.75, 3.05) is 6.61 Å². The molecule has 1 aliphatic rings. The number of carbonyl (C=O) groups excluding carboxylic acids is 1. The predicted molar refractivity (Wildman–Crippen MR) is 46.3 cm³/mol. The summed E-state index contributed by atoms with van der Waals surface area (Å²) < 4.78 is 4.29. The molecule has 62 valence electrons. The summed E-state index contributed by atoms with van der Waals surface area (Å²) in [5, 5.41) is 0. The molecule has 0 N–H and O–H groups in total.